The topological polar surface area (TPSA) is 50.4 Å². The van der Waals surface area contributed by atoms with Gasteiger partial charge in [0.25, 0.3) is 0 Å². The summed E-state index contributed by atoms with van der Waals surface area (Å²) in [6.07, 6.45) is 1.67. The van der Waals surface area contributed by atoms with Crippen molar-refractivity contribution in [3.05, 3.63) is 29.8 Å². The molecule has 1 aromatic rings. The smallest absolute Gasteiger partial charge is 0.387 e. The van der Waals surface area contributed by atoms with E-state index in [2.05, 4.69) is 15.4 Å². The number of benzene rings is 1. The molecule has 0 radical (unpaired) electrons. The molecule has 0 bridgehead atoms. The lowest BCUT2D eigenvalue weighted by atomic mass is 10.1. The van der Waals surface area contributed by atoms with E-state index in [4.69, 9.17) is 0 Å². The summed E-state index contributed by atoms with van der Waals surface area (Å²) >= 11 is 0. The molecule has 2 N–H and O–H groups in total. The Kier molecular flexibility index (Phi) is 4.68. The van der Waals surface area contributed by atoms with Gasteiger partial charge >= 0.3 is 6.61 Å². The summed E-state index contributed by atoms with van der Waals surface area (Å²) in [5, 5.41) is 5.83. The molecule has 104 valence electrons. The largest absolute Gasteiger partial charge is 0.434 e. The first kappa shape index (κ1) is 13.7. The molecule has 0 aliphatic carbocycles. The van der Waals surface area contributed by atoms with Gasteiger partial charge in [0.05, 0.1) is 6.04 Å². The van der Waals surface area contributed by atoms with Crippen LogP contribution < -0.4 is 15.4 Å². The van der Waals surface area contributed by atoms with Gasteiger partial charge in [0.2, 0.25) is 5.91 Å². The van der Waals surface area contributed by atoms with Crippen LogP contribution >= 0.6 is 0 Å². The molecule has 19 heavy (non-hydrogen) atoms. The monoisotopic (exact) mass is 270 g/mol. The molecule has 1 unspecified atom stereocenters. The maximum Gasteiger partial charge on any atom is 0.387 e. The van der Waals surface area contributed by atoms with Gasteiger partial charge in [-0.25, -0.2) is 0 Å². The number of piperidine rings is 1. The number of amides is 1. The van der Waals surface area contributed by atoms with E-state index in [1.54, 1.807) is 18.2 Å². The van der Waals surface area contributed by atoms with Crippen molar-refractivity contribution in [2.45, 2.75) is 32.0 Å². The minimum atomic E-state index is -2.85. The number of ether oxygens (including phenoxy) is 1. The van der Waals surface area contributed by atoms with Gasteiger partial charge < -0.3 is 15.4 Å². The summed E-state index contributed by atoms with van der Waals surface area (Å²) in [6, 6.07) is 6.30. The zero-order chi connectivity index (χ0) is 13.7. The van der Waals surface area contributed by atoms with Crippen LogP contribution in [0.4, 0.5) is 8.78 Å². The van der Waals surface area contributed by atoms with Gasteiger partial charge in [-0.1, -0.05) is 18.2 Å². The van der Waals surface area contributed by atoms with Gasteiger partial charge in [-0.15, -0.1) is 0 Å². The van der Waals surface area contributed by atoms with Crippen molar-refractivity contribution in [1.82, 2.24) is 10.6 Å². The zero-order valence-corrected chi connectivity index (χ0v) is 10.4. The molecular formula is C13H16F2N2O2. The standard InChI is InChI=1S/C13H16F2N2O2/c14-13(15)19-11-6-2-1-4-9(11)8-17-10-5-3-7-16-12(10)18/h1-2,4,6,10,13,17H,3,5,7-8H2,(H,16,18). The molecule has 1 fully saturated rings. The first-order valence-electron chi connectivity index (χ1n) is 6.20. The van der Waals surface area contributed by atoms with Gasteiger partial charge in [0.1, 0.15) is 5.75 Å². The molecule has 1 aliphatic rings. The van der Waals surface area contributed by atoms with Crippen molar-refractivity contribution in [2.24, 2.45) is 0 Å². The number of alkyl halides is 2. The van der Waals surface area contributed by atoms with Crippen molar-refractivity contribution < 1.29 is 18.3 Å². The Bertz CT molecular complexity index is 440. The van der Waals surface area contributed by atoms with Crippen LogP contribution in [0.1, 0.15) is 18.4 Å². The third kappa shape index (κ3) is 3.89. The Morgan fingerprint density at radius 3 is 2.95 bits per heavy atom. The van der Waals surface area contributed by atoms with Crippen LogP contribution in [0.3, 0.4) is 0 Å². The normalized spacial score (nSPS) is 19.3. The van der Waals surface area contributed by atoms with E-state index in [9.17, 15) is 13.6 Å². The minimum Gasteiger partial charge on any atom is -0.434 e. The van der Waals surface area contributed by atoms with Crippen molar-refractivity contribution in [1.29, 1.82) is 0 Å². The molecule has 1 aromatic carbocycles. The summed E-state index contributed by atoms with van der Waals surface area (Å²) in [7, 11) is 0. The number of para-hydroxylation sites is 1. The van der Waals surface area contributed by atoms with E-state index >= 15 is 0 Å². The lowest BCUT2D eigenvalue weighted by molar-refractivity contribution is -0.124. The molecule has 6 heteroatoms. The predicted octanol–water partition coefficient (Wildman–Crippen LogP) is 1.66. The number of carbonyl (C=O) groups excluding carboxylic acids is 1. The van der Waals surface area contributed by atoms with E-state index in [0.717, 1.165) is 12.8 Å². The van der Waals surface area contributed by atoms with Gasteiger partial charge in [0.15, 0.2) is 0 Å². The summed E-state index contributed by atoms with van der Waals surface area (Å²) in [6.45, 7) is -1.83. The van der Waals surface area contributed by atoms with Crippen LogP contribution in [0, 0.1) is 0 Å². The fourth-order valence-electron chi connectivity index (χ4n) is 2.06. The zero-order valence-electron chi connectivity index (χ0n) is 10.4. The average Bonchev–Trinajstić information content (AvgIpc) is 2.39. The van der Waals surface area contributed by atoms with Crippen molar-refractivity contribution in [3.63, 3.8) is 0 Å². The Balaban J connectivity index is 1.96. The van der Waals surface area contributed by atoms with E-state index in [-0.39, 0.29) is 17.7 Å². The number of halogens is 2. The fraction of sp³-hybridized carbons (Fsp3) is 0.462. The highest BCUT2D eigenvalue weighted by atomic mass is 19.3. The van der Waals surface area contributed by atoms with E-state index in [1.807, 2.05) is 0 Å². The Hall–Kier alpha value is -1.69. The van der Waals surface area contributed by atoms with Crippen molar-refractivity contribution >= 4 is 5.91 Å². The maximum absolute atomic E-state index is 12.3. The lowest BCUT2D eigenvalue weighted by Gasteiger charge is -2.23. The molecule has 1 aliphatic heterocycles. The lowest BCUT2D eigenvalue weighted by Crippen LogP contribution is -2.47. The minimum absolute atomic E-state index is 0.0430. The summed E-state index contributed by atoms with van der Waals surface area (Å²) in [5.74, 6) is 0.0970. The van der Waals surface area contributed by atoms with Crippen LogP contribution in [0.5, 0.6) is 5.75 Å². The Labute approximate surface area is 110 Å². The predicted molar refractivity (Wildman–Crippen MR) is 65.9 cm³/mol. The first-order valence-corrected chi connectivity index (χ1v) is 6.20. The maximum atomic E-state index is 12.3. The molecular weight excluding hydrogens is 254 g/mol. The van der Waals surface area contributed by atoms with Gasteiger partial charge in [-0.3, -0.25) is 4.79 Å². The molecule has 1 heterocycles. The number of hydrogen-bond acceptors (Lipinski definition) is 3. The second-order valence-electron chi connectivity index (χ2n) is 4.35. The molecule has 1 amide bonds. The highest BCUT2D eigenvalue weighted by molar-refractivity contribution is 5.82. The number of rotatable bonds is 5. The Morgan fingerprint density at radius 1 is 1.42 bits per heavy atom. The van der Waals surface area contributed by atoms with Crippen molar-refractivity contribution in [2.75, 3.05) is 6.54 Å². The van der Waals surface area contributed by atoms with E-state index < -0.39 is 6.61 Å². The van der Waals surface area contributed by atoms with Crippen LogP contribution in [-0.4, -0.2) is 25.1 Å². The highest BCUT2D eigenvalue weighted by Gasteiger charge is 2.21. The van der Waals surface area contributed by atoms with Crippen LogP contribution in [0.25, 0.3) is 0 Å². The second-order valence-corrected chi connectivity index (χ2v) is 4.35. The molecule has 1 saturated heterocycles. The fourth-order valence-corrected chi connectivity index (χ4v) is 2.06. The van der Waals surface area contributed by atoms with Crippen LogP contribution in [0.15, 0.2) is 24.3 Å². The third-order valence-electron chi connectivity index (χ3n) is 3.01. The SMILES string of the molecule is O=C1NCCCC1NCc1ccccc1OC(F)F. The molecule has 0 aromatic heterocycles. The third-order valence-corrected chi connectivity index (χ3v) is 3.01. The summed E-state index contributed by atoms with van der Waals surface area (Å²) in [4.78, 5) is 11.6. The highest BCUT2D eigenvalue weighted by Crippen LogP contribution is 2.20. The Morgan fingerprint density at radius 2 is 2.21 bits per heavy atom. The van der Waals surface area contributed by atoms with Gasteiger partial charge in [-0.2, -0.15) is 8.78 Å². The molecule has 4 nitrogen and oxygen atoms in total. The molecule has 2 rings (SSSR count). The first-order chi connectivity index (χ1) is 9.16. The van der Waals surface area contributed by atoms with Crippen LogP contribution in [0.2, 0.25) is 0 Å². The van der Waals surface area contributed by atoms with Gasteiger partial charge in [-0.05, 0) is 18.9 Å². The molecule has 0 saturated carbocycles. The van der Waals surface area contributed by atoms with Crippen LogP contribution in [-0.2, 0) is 11.3 Å². The van der Waals surface area contributed by atoms with E-state index in [1.165, 1.54) is 6.07 Å². The summed E-state index contributed by atoms with van der Waals surface area (Å²) in [5.41, 5.74) is 0.612. The van der Waals surface area contributed by atoms with E-state index in [0.29, 0.717) is 18.7 Å². The van der Waals surface area contributed by atoms with Crippen molar-refractivity contribution in [3.8, 4) is 5.75 Å². The summed E-state index contributed by atoms with van der Waals surface area (Å²) < 4.78 is 28.9. The molecule has 1 atom stereocenters. The number of nitrogens with one attached hydrogen (secondary N) is 2. The molecule has 0 spiro atoms. The van der Waals surface area contributed by atoms with Gasteiger partial charge in [0, 0.05) is 18.7 Å². The number of hydrogen-bond donors (Lipinski definition) is 2. The quantitative estimate of drug-likeness (QED) is 0.855. The number of carbonyl (C=O) groups is 1. The second kappa shape index (κ2) is 6.47. The average molecular weight is 270 g/mol.